The van der Waals surface area contributed by atoms with Gasteiger partial charge in [0, 0.05) is 12.5 Å². The first kappa shape index (κ1) is 11.7. The maximum absolute atomic E-state index is 6.11. The Hall–Kier alpha value is -2.40. The summed E-state index contributed by atoms with van der Waals surface area (Å²) in [7, 11) is 0. The van der Waals surface area contributed by atoms with E-state index in [-0.39, 0.29) is 6.04 Å². The van der Waals surface area contributed by atoms with Gasteiger partial charge in [0.15, 0.2) is 0 Å². The maximum atomic E-state index is 6.11. The highest BCUT2D eigenvalue weighted by molar-refractivity contribution is 5.51. The first-order valence-electron chi connectivity index (χ1n) is 5.98. The normalized spacial score (nSPS) is 12.5. The number of rotatable bonds is 4. The van der Waals surface area contributed by atoms with Crippen LogP contribution in [-0.2, 0) is 6.42 Å². The first-order valence-corrected chi connectivity index (χ1v) is 5.98. The second-order valence-corrected chi connectivity index (χ2v) is 4.25. The van der Waals surface area contributed by atoms with Crippen molar-refractivity contribution in [1.82, 2.24) is 10.1 Å². The van der Waals surface area contributed by atoms with Gasteiger partial charge in [0.2, 0.25) is 11.7 Å². The number of benzene rings is 1. The lowest BCUT2D eigenvalue weighted by Gasteiger charge is -2.08. The molecule has 1 unspecified atom stereocenters. The van der Waals surface area contributed by atoms with E-state index in [1.165, 1.54) is 0 Å². The molecule has 2 heterocycles. The molecule has 5 heteroatoms. The van der Waals surface area contributed by atoms with Crippen molar-refractivity contribution in [2.75, 3.05) is 0 Å². The Labute approximate surface area is 110 Å². The van der Waals surface area contributed by atoms with Crippen LogP contribution in [0.5, 0.6) is 0 Å². The summed E-state index contributed by atoms with van der Waals surface area (Å²) in [4.78, 5) is 4.30. The topological polar surface area (TPSA) is 78.1 Å². The van der Waals surface area contributed by atoms with Crippen molar-refractivity contribution in [3.05, 3.63) is 60.4 Å². The van der Waals surface area contributed by atoms with Crippen LogP contribution in [0.25, 0.3) is 11.4 Å². The molecule has 19 heavy (non-hydrogen) atoms. The van der Waals surface area contributed by atoms with Crippen molar-refractivity contribution in [2.24, 2.45) is 5.73 Å². The molecule has 3 rings (SSSR count). The minimum absolute atomic E-state index is 0.154. The Morgan fingerprint density at radius 2 is 2.00 bits per heavy atom. The van der Waals surface area contributed by atoms with E-state index in [1.807, 2.05) is 30.3 Å². The highest BCUT2D eigenvalue weighted by Crippen LogP contribution is 2.19. The van der Waals surface area contributed by atoms with E-state index in [0.717, 1.165) is 11.1 Å². The van der Waals surface area contributed by atoms with Gasteiger partial charge < -0.3 is 14.7 Å². The van der Waals surface area contributed by atoms with Crippen LogP contribution < -0.4 is 5.73 Å². The number of hydrogen-bond acceptors (Lipinski definition) is 5. The highest BCUT2D eigenvalue weighted by atomic mass is 16.5. The van der Waals surface area contributed by atoms with E-state index >= 15 is 0 Å². The summed E-state index contributed by atoms with van der Waals surface area (Å²) < 4.78 is 10.2. The van der Waals surface area contributed by atoms with Crippen LogP contribution >= 0.6 is 0 Å². The van der Waals surface area contributed by atoms with Crippen molar-refractivity contribution in [3.63, 3.8) is 0 Å². The summed E-state index contributed by atoms with van der Waals surface area (Å²) in [5, 5.41) is 3.90. The summed E-state index contributed by atoms with van der Waals surface area (Å²) >= 11 is 0. The smallest absolute Gasteiger partial charge is 0.228 e. The van der Waals surface area contributed by atoms with Crippen molar-refractivity contribution >= 4 is 0 Å². The third kappa shape index (κ3) is 2.56. The molecule has 1 atom stereocenters. The number of nitrogens with zero attached hydrogens (tertiary/aromatic N) is 2. The van der Waals surface area contributed by atoms with Gasteiger partial charge in [-0.3, -0.25) is 0 Å². The van der Waals surface area contributed by atoms with Gasteiger partial charge in [0.05, 0.1) is 11.8 Å². The molecule has 2 aromatic heterocycles. The molecule has 0 amide bonds. The molecular formula is C14H13N3O2. The van der Waals surface area contributed by atoms with Gasteiger partial charge in [0.25, 0.3) is 0 Å². The van der Waals surface area contributed by atoms with Gasteiger partial charge in [0.1, 0.15) is 6.26 Å². The molecule has 3 aromatic rings. The van der Waals surface area contributed by atoms with Crippen LogP contribution in [0, 0.1) is 0 Å². The molecule has 0 saturated carbocycles. The molecule has 96 valence electrons. The SMILES string of the molecule is NC(Cc1nc(-c2ccoc2)no1)c1ccccc1. The Bertz CT molecular complexity index is 632. The largest absolute Gasteiger partial charge is 0.472 e. The van der Waals surface area contributed by atoms with Crippen LogP contribution in [0.15, 0.2) is 57.9 Å². The second kappa shape index (κ2) is 5.07. The summed E-state index contributed by atoms with van der Waals surface area (Å²) in [6.07, 6.45) is 3.65. The Balaban J connectivity index is 1.74. The molecule has 0 fully saturated rings. The molecule has 0 bridgehead atoms. The average molecular weight is 255 g/mol. The van der Waals surface area contributed by atoms with Crippen LogP contribution in [0.2, 0.25) is 0 Å². The molecule has 0 radical (unpaired) electrons. The van der Waals surface area contributed by atoms with E-state index in [9.17, 15) is 0 Å². The van der Waals surface area contributed by atoms with Crippen LogP contribution in [0.3, 0.4) is 0 Å². The zero-order valence-electron chi connectivity index (χ0n) is 10.2. The lowest BCUT2D eigenvalue weighted by Crippen LogP contribution is -2.13. The molecule has 0 aliphatic rings. The monoisotopic (exact) mass is 255 g/mol. The zero-order valence-corrected chi connectivity index (χ0v) is 10.2. The standard InChI is InChI=1S/C14H13N3O2/c15-12(10-4-2-1-3-5-10)8-13-16-14(17-19-13)11-6-7-18-9-11/h1-7,9,12H,8,15H2. The fraction of sp³-hybridized carbons (Fsp3) is 0.143. The fourth-order valence-corrected chi connectivity index (χ4v) is 1.85. The van der Waals surface area contributed by atoms with Crippen molar-refractivity contribution < 1.29 is 8.94 Å². The molecule has 1 aromatic carbocycles. The Morgan fingerprint density at radius 3 is 2.74 bits per heavy atom. The van der Waals surface area contributed by atoms with Crippen LogP contribution in [-0.4, -0.2) is 10.1 Å². The molecule has 0 spiro atoms. The predicted octanol–water partition coefficient (Wildman–Crippen LogP) is 2.57. The van der Waals surface area contributed by atoms with Crippen molar-refractivity contribution in [1.29, 1.82) is 0 Å². The number of furan rings is 1. The van der Waals surface area contributed by atoms with Gasteiger partial charge in [-0.25, -0.2) is 0 Å². The lowest BCUT2D eigenvalue weighted by molar-refractivity contribution is 0.370. The third-order valence-electron chi connectivity index (χ3n) is 2.87. The Morgan fingerprint density at radius 1 is 1.16 bits per heavy atom. The quantitative estimate of drug-likeness (QED) is 0.775. The van der Waals surface area contributed by atoms with Gasteiger partial charge in [-0.2, -0.15) is 4.98 Å². The zero-order chi connectivity index (χ0) is 13.1. The van der Waals surface area contributed by atoms with E-state index in [4.69, 9.17) is 14.7 Å². The average Bonchev–Trinajstić information content (AvgIpc) is 3.10. The van der Waals surface area contributed by atoms with Gasteiger partial charge in [-0.1, -0.05) is 35.5 Å². The van der Waals surface area contributed by atoms with Gasteiger partial charge in [-0.05, 0) is 11.6 Å². The van der Waals surface area contributed by atoms with E-state index in [1.54, 1.807) is 18.6 Å². The summed E-state index contributed by atoms with van der Waals surface area (Å²) in [5.41, 5.74) is 7.95. The molecule has 0 aliphatic heterocycles. The number of hydrogen-bond donors (Lipinski definition) is 1. The predicted molar refractivity (Wildman–Crippen MR) is 69.1 cm³/mol. The molecular weight excluding hydrogens is 242 g/mol. The number of aromatic nitrogens is 2. The van der Waals surface area contributed by atoms with Crippen molar-refractivity contribution in [2.45, 2.75) is 12.5 Å². The van der Waals surface area contributed by atoms with Gasteiger partial charge in [-0.15, -0.1) is 0 Å². The lowest BCUT2D eigenvalue weighted by atomic mass is 10.1. The molecule has 0 saturated heterocycles. The molecule has 5 nitrogen and oxygen atoms in total. The van der Waals surface area contributed by atoms with Crippen LogP contribution in [0.4, 0.5) is 0 Å². The van der Waals surface area contributed by atoms with Crippen molar-refractivity contribution in [3.8, 4) is 11.4 Å². The van der Waals surface area contributed by atoms with E-state index in [0.29, 0.717) is 18.1 Å². The van der Waals surface area contributed by atoms with Gasteiger partial charge >= 0.3 is 0 Å². The Kier molecular flexibility index (Phi) is 3.12. The summed E-state index contributed by atoms with van der Waals surface area (Å²) in [6.45, 7) is 0. The molecule has 2 N–H and O–H groups in total. The van der Waals surface area contributed by atoms with Crippen LogP contribution in [0.1, 0.15) is 17.5 Å². The number of nitrogens with two attached hydrogens (primary N) is 1. The first-order chi connectivity index (χ1) is 9.33. The minimum atomic E-state index is -0.154. The second-order valence-electron chi connectivity index (χ2n) is 4.25. The highest BCUT2D eigenvalue weighted by Gasteiger charge is 2.14. The van der Waals surface area contributed by atoms with E-state index < -0.39 is 0 Å². The van der Waals surface area contributed by atoms with E-state index in [2.05, 4.69) is 10.1 Å². The summed E-state index contributed by atoms with van der Waals surface area (Å²) in [5.74, 6) is 1.04. The summed E-state index contributed by atoms with van der Waals surface area (Å²) in [6, 6.07) is 11.5. The molecule has 0 aliphatic carbocycles. The third-order valence-corrected chi connectivity index (χ3v) is 2.87. The maximum Gasteiger partial charge on any atom is 0.228 e. The fourth-order valence-electron chi connectivity index (χ4n) is 1.85. The minimum Gasteiger partial charge on any atom is -0.472 e.